The molecule has 1 amide bonds. The molecule has 1 aromatic rings. The highest BCUT2D eigenvalue weighted by atomic mass is 79.9. The standard InChI is InChI=1S/C8H3BrClNO2/c9-6-3-1-2-5(7(6)10)8(13)11-4-12/h1-3H. The molecule has 0 unspecified atom stereocenters. The molecule has 66 valence electrons. The molecule has 1 rings (SSSR count). The molecule has 0 atom stereocenters. The van der Waals surface area contributed by atoms with Crippen molar-refractivity contribution in [2.45, 2.75) is 0 Å². The zero-order valence-electron chi connectivity index (χ0n) is 6.25. The van der Waals surface area contributed by atoms with Crippen LogP contribution in [0.2, 0.25) is 5.02 Å². The normalized spacial score (nSPS) is 9.08. The first-order valence-electron chi connectivity index (χ1n) is 3.23. The van der Waals surface area contributed by atoms with Crippen LogP contribution in [-0.4, -0.2) is 12.0 Å². The fourth-order valence-electron chi connectivity index (χ4n) is 0.771. The molecule has 0 aromatic heterocycles. The third-order valence-electron chi connectivity index (χ3n) is 1.33. The van der Waals surface area contributed by atoms with Gasteiger partial charge in [0.1, 0.15) is 0 Å². The summed E-state index contributed by atoms with van der Waals surface area (Å²) in [5.41, 5.74) is 0.180. The van der Waals surface area contributed by atoms with Gasteiger partial charge < -0.3 is 0 Å². The topological polar surface area (TPSA) is 46.5 Å². The molecule has 0 aliphatic heterocycles. The maximum atomic E-state index is 11.1. The molecule has 0 aliphatic carbocycles. The molecule has 0 saturated carbocycles. The van der Waals surface area contributed by atoms with Crippen molar-refractivity contribution in [1.82, 2.24) is 0 Å². The van der Waals surface area contributed by atoms with Crippen LogP contribution in [0.3, 0.4) is 0 Å². The first-order valence-corrected chi connectivity index (χ1v) is 4.40. The number of nitrogens with zero attached hydrogens (tertiary/aromatic N) is 1. The largest absolute Gasteiger partial charge is 0.289 e. The smallest absolute Gasteiger partial charge is 0.266 e. The number of hydrogen-bond donors (Lipinski definition) is 0. The molecule has 0 aliphatic rings. The number of carbonyl (C=O) groups is 1. The molecule has 0 spiro atoms. The van der Waals surface area contributed by atoms with Crippen LogP contribution in [0, 0.1) is 0 Å². The van der Waals surface area contributed by atoms with Crippen molar-refractivity contribution in [1.29, 1.82) is 0 Å². The molecule has 0 heterocycles. The Morgan fingerprint density at radius 2 is 2.23 bits per heavy atom. The average Bonchev–Trinajstić information content (AvgIpc) is 2.10. The Balaban J connectivity index is 3.22. The zero-order chi connectivity index (χ0) is 9.84. The number of halogens is 2. The van der Waals surface area contributed by atoms with Gasteiger partial charge in [-0.15, -0.1) is 4.99 Å². The minimum absolute atomic E-state index is 0.180. The van der Waals surface area contributed by atoms with E-state index >= 15 is 0 Å². The summed E-state index contributed by atoms with van der Waals surface area (Å²) in [6.07, 6.45) is 1.16. The van der Waals surface area contributed by atoms with Crippen molar-refractivity contribution in [3.05, 3.63) is 33.3 Å². The number of benzene rings is 1. The van der Waals surface area contributed by atoms with E-state index in [9.17, 15) is 9.59 Å². The molecule has 13 heavy (non-hydrogen) atoms. The summed E-state index contributed by atoms with van der Waals surface area (Å²) in [5.74, 6) is -0.693. The quantitative estimate of drug-likeness (QED) is 0.575. The van der Waals surface area contributed by atoms with Gasteiger partial charge in [0.15, 0.2) is 0 Å². The van der Waals surface area contributed by atoms with Crippen molar-refractivity contribution in [3.63, 3.8) is 0 Å². The van der Waals surface area contributed by atoms with Crippen LogP contribution in [0.25, 0.3) is 0 Å². The molecule has 5 heteroatoms. The van der Waals surface area contributed by atoms with E-state index in [1.54, 1.807) is 12.1 Å². The van der Waals surface area contributed by atoms with E-state index in [0.29, 0.717) is 4.47 Å². The molecule has 1 aromatic carbocycles. The third-order valence-corrected chi connectivity index (χ3v) is 2.63. The predicted molar refractivity (Wildman–Crippen MR) is 51.6 cm³/mol. The first-order chi connectivity index (χ1) is 6.16. The highest BCUT2D eigenvalue weighted by Crippen LogP contribution is 2.26. The van der Waals surface area contributed by atoms with Gasteiger partial charge in [0.05, 0.1) is 10.6 Å². The number of aliphatic imine (C=N–C) groups is 1. The maximum absolute atomic E-state index is 11.1. The van der Waals surface area contributed by atoms with Gasteiger partial charge >= 0.3 is 0 Å². The van der Waals surface area contributed by atoms with E-state index < -0.39 is 5.91 Å². The van der Waals surface area contributed by atoms with Crippen LogP contribution < -0.4 is 0 Å². The Bertz CT molecular complexity index is 399. The Hall–Kier alpha value is -0.960. The van der Waals surface area contributed by atoms with Gasteiger partial charge in [0, 0.05) is 4.47 Å². The van der Waals surface area contributed by atoms with Crippen molar-refractivity contribution >= 4 is 39.5 Å². The maximum Gasteiger partial charge on any atom is 0.289 e. The number of rotatable bonds is 1. The average molecular weight is 260 g/mol. The Morgan fingerprint density at radius 1 is 1.54 bits per heavy atom. The zero-order valence-corrected chi connectivity index (χ0v) is 8.59. The van der Waals surface area contributed by atoms with Crippen LogP contribution in [0.1, 0.15) is 10.4 Å². The molecule has 3 nitrogen and oxygen atoms in total. The van der Waals surface area contributed by atoms with Gasteiger partial charge in [-0.25, -0.2) is 4.79 Å². The second kappa shape index (κ2) is 4.33. The molecule has 0 bridgehead atoms. The fraction of sp³-hybridized carbons (Fsp3) is 0. The third kappa shape index (κ3) is 2.25. The van der Waals surface area contributed by atoms with Crippen LogP contribution >= 0.6 is 27.5 Å². The van der Waals surface area contributed by atoms with Crippen molar-refractivity contribution in [3.8, 4) is 0 Å². The summed E-state index contributed by atoms with van der Waals surface area (Å²) in [7, 11) is 0. The predicted octanol–water partition coefficient (Wildman–Crippen LogP) is 2.58. The molecular formula is C8H3BrClNO2. The summed E-state index contributed by atoms with van der Waals surface area (Å²) < 4.78 is 0.584. The van der Waals surface area contributed by atoms with E-state index in [1.165, 1.54) is 6.07 Å². The van der Waals surface area contributed by atoms with Crippen molar-refractivity contribution in [2.75, 3.05) is 0 Å². The van der Waals surface area contributed by atoms with Crippen LogP contribution in [0.5, 0.6) is 0 Å². The lowest BCUT2D eigenvalue weighted by molar-refractivity contribution is 0.100. The molecule has 0 saturated heterocycles. The SMILES string of the molecule is O=C=NC(=O)c1cccc(Br)c1Cl. The van der Waals surface area contributed by atoms with Crippen LogP contribution in [0.4, 0.5) is 0 Å². The van der Waals surface area contributed by atoms with Crippen molar-refractivity contribution < 1.29 is 9.59 Å². The number of carbonyl (C=O) groups excluding carboxylic acids is 2. The van der Waals surface area contributed by atoms with Gasteiger partial charge in [-0.3, -0.25) is 4.79 Å². The summed E-state index contributed by atoms with van der Waals surface area (Å²) in [6.45, 7) is 0. The Labute approximate surface area is 87.6 Å². The van der Waals surface area contributed by atoms with Gasteiger partial charge in [-0.2, -0.15) is 0 Å². The van der Waals surface area contributed by atoms with E-state index in [1.807, 2.05) is 0 Å². The lowest BCUT2D eigenvalue weighted by atomic mass is 10.2. The van der Waals surface area contributed by atoms with Crippen molar-refractivity contribution in [2.24, 2.45) is 4.99 Å². The van der Waals surface area contributed by atoms with E-state index in [2.05, 4.69) is 20.9 Å². The monoisotopic (exact) mass is 259 g/mol. The van der Waals surface area contributed by atoms with E-state index in [4.69, 9.17) is 11.6 Å². The highest BCUT2D eigenvalue weighted by Gasteiger charge is 2.10. The number of amides is 1. The summed E-state index contributed by atoms with van der Waals surface area (Å²) in [5, 5.41) is 0.242. The van der Waals surface area contributed by atoms with Gasteiger partial charge in [0.2, 0.25) is 6.08 Å². The minimum atomic E-state index is -0.693. The van der Waals surface area contributed by atoms with Gasteiger partial charge in [-0.05, 0) is 28.1 Å². The Morgan fingerprint density at radius 3 is 2.85 bits per heavy atom. The summed E-state index contributed by atoms with van der Waals surface area (Å²) in [6, 6.07) is 4.80. The molecule has 0 radical (unpaired) electrons. The first kappa shape index (κ1) is 10.1. The lowest BCUT2D eigenvalue weighted by Crippen LogP contribution is -1.95. The minimum Gasteiger partial charge on any atom is -0.266 e. The highest BCUT2D eigenvalue weighted by molar-refractivity contribution is 9.10. The van der Waals surface area contributed by atoms with Gasteiger partial charge in [-0.1, -0.05) is 17.7 Å². The number of hydrogen-bond acceptors (Lipinski definition) is 2. The summed E-state index contributed by atoms with van der Waals surface area (Å²) >= 11 is 8.91. The molecule has 0 fully saturated rings. The van der Waals surface area contributed by atoms with Crippen LogP contribution in [-0.2, 0) is 4.79 Å². The Kier molecular flexibility index (Phi) is 3.37. The van der Waals surface area contributed by atoms with E-state index in [-0.39, 0.29) is 10.6 Å². The fourth-order valence-corrected chi connectivity index (χ4v) is 1.34. The molecule has 0 N–H and O–H groups in total. The lowest BCUT2D eigenvalue weighted by Gasteiger charge is -1.99. The second-order valence-corrected chi connectivity index (χ2v) is 3.34. The summed E-state index contributed by atoms with van der Waals surface area (Å²) in [4.78, 5) is 23.8. The number of isocyanates is 1. The molecular weight excluding hydrogens is 257 g/mol. The van der Waals surface area contributed by atoms with E-state index in [0.717, 1.165) is 6.08 Å². The van der Waals surface area contributed by atoms with Gasteiger partial charge in [0.25, 0.3) is 5.91 Å². The van der Waals surface area contributed by atoms with Crippen LogP contribution in [0.15, 0.2) is 27.7 Å². The second-order valence-electron chi connectivity index (χ2n) is 2.11.